The second-order valence-electron chi connectivity index (χ2n) is 6.83. The maximum Gasteiger partial charge on any atom is 0.233 e. The third-order valence-corrected chi connectivity index (χ3v) is 5.51. The number of likely N-dealkylation sites (tertiary alicyclic amines) is 1. The Morgan fingerprint density at radius 2 is 1.80 bits per heavy atom. The predicted octanol–water partition coefficient (Wildman–Crippen LogP) is 1.83. The lowest BCUT2D eigenvalue weighted by atomic mass is 9.85. The van der Waals surface area contributed by atoms with Gasteiger partial charge in [-0.2, -0.15) is 0 Å². The minimum absolute atomic E-state index is 0.0811. The number of anilines is 1. The number of amides is 3. The molecule has 130 valence electrons. The minimum atomic E-state index is -0.247. The Kier molecular flexibility index (Phi) is 3.82. The van der Waals surface area contributed by atoms with Gasteiger partial charge >= 0.3 is 0 Å². The molecule has 0 unspecified atom stereocenters. The van der Waals surface area contributed by atoms with Crippen LogP contribution in [0, 0.1) is 23.7 Å². The van der Waals surface area contributed by atoms with Crippen LogP contribution in [-0.4, -0.2) is 36.3 Å². The molecule has 1 aromatic rings. The van der Waals surface area contributed by atoms with E-state index >= 15 is 0 Å². The van der Waals surface area contributed by atoms with E-state index in [1.165, 1.54) is 12.0 Å². The molecule has 1 N–H and O–H groups in total. The SMILES string of the molecule is COc1ccccc1NC(=O)CCN1C(=O)[C@@H]2[C@@H](C1=O)[C@@H]1C=C[C@@H]2C1. The Hall–Kier alpha value is -2.63. The highest BCUT2D eigenvalue weighted by molar-refractivity contribution is 6.06. The molecule has 1 heterocycles. The largest absolute Gasteiger partial charge is 0.495 e. The molecule has 6 nitrogen and oxygen atoms in total. The highest BCUT2D eigenvalue weighted by Gasteiger charge is 2.58. The topological polar surface area (TPSA) is 75.7 Å². The maximum atomic E-state index is 12.6. The molecule has 6 heteroatoms. The van der Waals surface area contributed by atoms with E-state index in [1.54, 1.807) is 18.2 Å². The van der Waals surface area contributed by atoms with Crippen molar-refractivity contribution in [3.63, 3.8) is 0 Å². The normalized spacial score (nSPS) is 29.2. The Morgan fingerprint density at radius 1 is 1.16 bits per heavy atom. The third-order valence-electron chi connectivity index (χ3n) is 5.51. The summed E-state index contributed by atoms with van der Waals surface area (Å²) in [6.07, 6.45) is 5.12. The lowest BCUT2D eigenvalue weighted by Crippen LogP contribution is -2.35. The molecule has 1 saturated carbocycles. The number of para-hydroxylation sites is 2. The van der Waals surface area contributed by atoms with Crippen molar-refractivity contribution in [1.82, 2.24) is 4.90 Å². The first-order chi connectivity index (χ1) is 12.1. The Morgan fingerprint density at radius 3 is 2.44 bits per heavy atom. The van der Waals surface area contributed by atoms with Crippen LogP contribution >= 0.6 is 0 Å². The number of allylic oxidation sites excluding steroid dienone is 2. The first-order valence-electron chi connectivity index (χ1n) is 8.56. The summed E-state index contributed by atoms with van der Waals surface area (Å²) in [6.45, 7) is 0.130. The molecular weight excluding hydrogens is 320 g/mol. The summed E-state index contributed by atoms with van der Waals surface area (Å²) in [5.74, 6) is 0.0655. The number of benzene rings is 1. The number of hydrogen-bond donors (Lipinski definition) is 1. The van der Waals surface area contributed by atoms with Crippen molar-refractivity contribution >= 4 is 23.4 Å². The van der Waals surface area contributed by atoms with Gasteiger partial charge in [-0.3, -0.25) is 19.3 Å². The lowest BCUT2D eigenvalue weighted by Gasteiger charge is -2.17. The molecule has 25 heavy (non-hydrogen) atoms. The fourth-order valence-electron chi connectivity index (χ4n) is 4.36. The Bertz CT molecular complexity index is 742. The molecule has 1 saturated heterocycles. The van der Waals surface area contributed by atoms with Crippen LogP contribution in [0.3, 0.4) is 0 Å². The van der Waals surface area contributed by atoms with Gasteiger partial charge in [-0.15, -0.1) is 0 Å². The number of rotatable bonds is 5. The monoisotopic (exact) mass is 340 g/mol. The van der Waals surface area contributed by atoms with Gasteiger partial charge in [-0.05, 0) is 30.4 Å². The summed E-state index contributed by atoms with van der Waals surface area (Å²) in [5.41, 5.74) is 0.577. The van der Waals surface area contributed by atoms with Gasteiger partial charge in [0.15, 0.2) is 0 Å². The van der Waals surface area contributed by atoms with Gasteiger partial charge < -0.3 is 10.1 Å². The van der Waals surface area contributed by atoms with Crippen LogP contribution in [0.4, 0.5) is 5.69 Å². The van der Waals surface area contributed by atoms with Crippen molar-refractivity contribution in [2.75, 3.05) is 19.0 Å². The van der Waals surface area contributed by atoms with E-state index in [0.717, 1.165) is 6.42 Å². The number of carbonyl (C=O) groups excluding carboxylic acids is 3. The quantitative estimate of drug-likeness (QED) is 0.655. The molecule has 0 spiro atoms. The maximum absolute atomic E-state index is 12.6. The summed E-state index contributed by atoms with van der Waals surface area (Å²) in [4.78, 5) is 38.6. The van der Waals surface area contributed by atoms with E-state index in [0.29, 0.717) is 11.4 Å². The fourth-order valence-corrected chi connectivity index (χ4v) is 4.36. The number of imide groups is 1. The van der Waals surface area contributed by atoms with Crippen molar-refractivity contribution < 1.29 is 19.1 Å². The number of carbonyl (C=O) groups is 3. The highest BCUT2D eigenvalue weighted by atomic mass is 16.5. The number of nitrogens with one attached hydrogen (secondary N) is 1. The van der Waals surface area contributed by atoms with Gasteiger partial charge in [-0.1, -0.05) is 24.3 Å². The summed E-state index contributed by atoms with van der Waals surface area (Å²) >= 11 is 0. The molecule has 2 aliphatic carbocycles. The third kappa shape index (κ3) is 2.52. The highest BCUT2D eigenvalue weighted by Crippen LogP contribution is 2.52. The summed E-state index contributed by atoms with van der Waals surface area (Å²) < 4.78 is 5.20. The predicted molar refractivity (Wildman–Crippen MR) is 90.7 cm³/mol. The molecule has 3 aliphatic rings. The van der Waals surface area contributed by atoms with Gasteiger partial charge in [0.1, 0.15) is 5.75 Å². The van der Waals surface area contributed by atoms with Gasteiger partial charge in [0.05, 0.1) is 24.6 Å². The molecule has 3 amide bonds. The molecule has 2 bridgehead atoms. The molecule has 4 rings (SSSR count). The Labute approximate surface area is 145 Å². The van der Waals surface area contributed by atoms with Crippen LogP contribution in [0.25, 0.3) is 0 Å². The van der Waals surface area contributed by atoms with Crippen LogP contribution in [0.5, 0.6) is 5.75 Å². The zero-order valence-electron chi connectivity index (χ0n) is 14.0. The Balaban J connectivity index is 1.38. The summed E-state index contributed by atoms with van der Waals surface area (Å²) in [7, 11) is 1.54. The zero-order valence-corrected chi connectivity index (χ0v) is 14.0. The van der Waals surface area contributed by atoms with Crippen molar-refractivity contribution in [1.29, 1.82) is 0 Å². The van der Waals surface area contributed by atoms with Crippen molar-refractivity contribution in [3.05, 3.63) is 36.4 Å². The number of ether oxygens (including phenoxy) is 1. The van der Waals surface area contributed by atoms with E-state index in [-0.39, 0.29) is 54.4 Å². The van der Waals surface area contributed by atoms with Crippen molar-refractivity contribution in [2.45, 2.75) is 12.8 Å². The second kappa shape index (κ2) is 6.02. The van der Waals surface area contributed by atoms with Crippen molar-refractivity contribution in [3.8, 4) is 5.75 Å². The van der Waals surface area contributed by atoms with Crippen molar-refractivity contribution in [2.24, 2.45) is 23.7 Å². The smallest absolute Gasteiger partial charge is 0.233 e. The lowest BCUT2D eigenvalue weighted by molar-refractivity contribution is -0.140. The molecule has 2 fully saturated rings. The van der Waals surface area contributed by atoms with Gasteiger partial charge in [-0.25, -0.2) is 0 Å². The minimum Gasteiger partial charge on any atom is -0.495 e. The average molecular weight is 340 g/mol. The molecule has 0 aromatic heterocycles. The first kappa shape index (κ1) is 15.9. The summed E-state index contributed by atoms with van der Waals surface area (Å²) in [5, 5.41) is 2.77. The zero-order chi connectivity index (χ0) is 17.6. The van der Waals surface area contributed by atoms with E-state index in [4.69, 9.17) is 4.74 Å². The van der Waals surface area contributed by atoms with Crippen LogP contribution in [0.1, 0.15) is 12.8 Å². The number of methoxy groups -OCH3 is 1. The van der Waals surface area contributed by atoms with E-state index in [9.17, 15) is 14.4 Å². The molecule has 1 aliphatic heterocycles. The summed E-state index contributed by atoms with van der Waals surface area (Å²) in [6, 6.07) is 7.12. The number of fused-ring (bicyclic) bond motifs is 5. The molecule has 1 aromatic carbocycles. The first-order valence-corrected chi connectivity index (χ1v) is 8.56. The van der Waals surface area contributed by atoms with Crippen LogP contribution in [-0.2, 0) is 14.4 Å². The average Bonchev–Trinajstić information content (AvgIpc) is 3.28. The fraction of sp³-hybridized carbons (Fsp3) is 0.421. The van der Waals surface area contributed by atoms with Crippen LogP contribution in [0.2, 0.25) is 0 Å². The second-order valence-corrected chi connectivity index (χ2v) is 6.83. The van der Waals surface area contributed by atoms with Gasteiger partial charge in [0.25, 0.3) is 0 Å². The molecule has 0 radical (unpaired) electrons. The van der Waals surface area contributed by atoms with Crippen LogP contribution in [0.15, 0.2) is 36.4 Å². The van der Waals surface area contributed by atoms with Gasteiger partial charge in [0, 0.05) is 13.0 Å². The standard InChI is InChI=1S/C19H20N2O4/c1-25-14-5-3-2-4-13(14)20-15(22)8-9-21-18(23)16-11-6-7-12(10-11)17(16)19(21)24/h2-7,11-12,16-17H,8-10H2,1H3,(H,20,22)/t11-,12-,16+,17+/m1/s1. The molecular formula is C19H20N2O4. The number of hydrogen-bond acceptors (Lipinski definition) is 4. The number of nitrogens with zero attached hydrogens (tertiary/aromatic N) is 1. The van der Waals surface area contributed by atoms with E-state index in [2.05, 4.69) is 17.5 Å². The van der Waals surface area contributed by atoms with Crippen LogP contribution < -0.4 is 10.1 Å². The van der Waals surface area contributed by atoms with E-state index in [1.807, 2.05) is 6.07 Å². The van der Waals surface area contributed by atoms with Gasteiger partial charge in [0.2, 0.25) is 17.7 Å². The van der Waals surface area contributed by atoms with E-state index < -0.39 is 0 Å². The molecule has 4 atom stereocenters.